The lowest BCUT2D eigenvalue weighted by Gasteiger charge is -2.04. The van der Waals surface area contributed by atoms with Gasteiger partial charge in [-0.1, -0.05) is 12.1 Å². The molecule has 1 aromatic rings. The summed E-state index contributed by atoms with van der Waals surface area (Å²) in [6, 6.07) is 5.42. The first-order chi connectivity index (χ1) is 7.44. The van der Waals surface area contributed by atoms with Crippen LogP contribution < -0.4 is 10.0 Å². The van der Waals surface area contributed by atoms with Crippen LogP contribution in [0.4, 0.5) is 5.69 Å². The van der Waals surface area contributed by atoms with Crippen molar-refractivity contribution in [1.82, 2.24) is 4.72 Å². The van der Waals surface area contributed by atoms with Crippen LogP contribution in [0.2, 0.25) is 0 Å². The van der Waals surface area contributed by atoms with Crippen LogP contribution in [0.1, 0.15) is 11.1 Å². The van der Waals surface area contributed by atoms with E-state index < -0.39 is 10.0 Å². The summed E-state index contributed by atoms with van der Waals surface area (Å²) < 4.78 is 24.2. The number of benzene rings is 1. The molecular formula is C10H12N2O3S. The minimum atomic E-state index is -3.18. The topological polar surface area (TPSA) is 75.3 Å². The number of fused-ring (bicyclic) bond motifs is 1. The van der Waals surface area contributed by atoms with Gasteiger partial charge in [0, 0.05) is 12.2 Å². The second-order valence-corrected chi connectivity index (χ2v) is 5.64. The lowest BCUT2D eigenvalue weighted by Crippen LogP contribution is -2.21. The quantitative estimate of drug-likeness (QED) is 0.794. The highest BCUT2D eigenvalue weighted by Gasteiger charge is 2.17. The highest BCUT2D eigenvalue weighted by Crippen LogP contribution is 2.23. The Kier molecular flexibility index (Phi) is 2.69. The largest absolute Gasteiger partial charge is 0.326 e. The molecule has 0 atom stereocenters. The van der Waals surface area contributed by atoms with Crippen molar-refractivity contribution in [3.05, 3.63) is 29.3 Å². The molecule has 1 amide bonds. The van der Waals surface area contributed by atoms with Gasteiger partial charge in [0.05, 0.1) is 12.7 Å². The minimum absolute atomic E-state index is 0.0248. The highest BCUT2D eigenvalue weighted by atomic mass is 32.2. The third kappa shape index (κ3) is 2.59. The molecule has 1 aliphatic rings. The Labute approximate surface area is 93.9 Å². The molecule has 0 aliphatic carbocycles. The molecule has 0 unspecified atom stereocenters. The van der Waals surface area contributed by atoms with Crippen molar-refractivity contribution < 1.29 is 13.2 Å². The van der Waals surface area contributed by atoms with Crippen molar-refractivity contribution in [2.24, 2.45) is 0 Å². The lowest BCUT2D eigenvalue weighted by atomic mass is 10.1. The van der Waals surface area contributed by atoms with Crippen molar-refractivity contribution in [3.63, 3.8) is 0 Å². The number of carbonyl (C=O) groups is 1. The first kappa shape index (κ1) is 11.1. The van der Waals surface area contributed by atoms with Gasteiger partial charge in [0.1, 0.15) is 0 Å². The maximum Gasteiger partial charge on any atom is 0.228 e. The molecule has 1 aromatic carbocycles. The van der Waals surface area contributed by atoms with Gasteiger partial charge in [0.25, 0.3) is 0 Å². The fourth-order valence-electron chi connectivity index (χ4n) is 1.61. The van der Waals surface area contributed by atoms with Crippen LogP contribution in [-0.4, -0.2) is 20.6 Å². The van der Waals surface area contributed by atoms with Crippen LogP contribution in [0.25, 0.3) is 0 Å². The van der Waals surface area contributed by atoms with Crippen molar-refractivity contribution >= 4 is 21.6 Å². The molecule has 0 fully saturated rings. The highest BCUT2D eigenvalue weighted by molar-refractivity contribution is 7.88. The summed E-state index contributed by atoms with van der Waals surface area (Å²) in [6.45, 7) is 0.250. The van der Waals surface area contributed by atoms with E-state index in [-0.39, 0.29) is 12.5 Å². The third-order valence-corrected chi connectivity index (χ3v) is 3.00. The first-order valence-corrected chi connectivity index (χ1v) is 6.69. The predicted octanol–water partition coefficient (Wildman–Crippen LogP) is 0.230. The van der Waals surface area contributed by atoms with E-state index in [1.165, 1.54) is 0 Å². The number of rotatable bonds is 3. The minimum Gasteiger partial charge on any atom is -0.326 e. The molecule has 0 spiro atoms. The Morgan fingerprint density at radius 2 is 2.19 bits per heavy atom. The van der Waals surface area contributed by atoms with Gasteiger partial charge in [0.15, 0.2) is 0 Å². The summed E-state index contributed by atoms with van der Waals surface area (Å²) >= 11 is 0. The molecule has 2 N–H and O–H groups in total. The second-order valence-electron chi connectivity index (χ2n) is 3.81. The van der Waals surface area contributed by atoms with Crippen LogP contribution >= 0.6 is 0 Å². The van der Waals surface area contributed by atoms with Crippen molar-refractivity contribution in [2.45, 2.75) is 13.0 Å². The zero-order valence-corrected chi connectivity index (χ0v) is 9.60. The first-order valence-electron chi connectivity index (χ1n) is 4.80. The number of nitrogens with one attached hydrogen (secondary N) is 2. The molecule has 5 nitrogen and oxygen atoms in total. The second kappa shape index (κ2) is 3.88. The maximum absolute atomic E-state index is 11.1. The fraction of sp³-hybridized carbons (Fsp3) is 0.300. The number of hydrogen-bond donors (Lipinski definition) is 2. The van der Waals surface area contributed by atoms with Gasteiger partial charge in [-0.15, -0.1) is 0 Å². The molecule has 86 valence electrons. The molecule has 6 heteroatoms. The van der Waals surface area contributed by atoms with Gasteiger partial charge >= 0.3 is 0 Å². The number of carbonyl (C=O) groups excluding carboxylic acids is 1. The van der Waals surface area contributed by atoms with Crippen molar-refractivity contribution in [3.8, 4) is 0 Å². The lowest BCUT2D eigenvalue weighted by molar-refractivity contribution is -0.115. The van der Waals surface area contributed by atoms with Crippen LogP contribution in [0.5, 0.6) is 0 Å². The van der Waals surface area contributed by atoms with Crippen molar-refractivity contribution in [2.75, 3.05) is 11.6 Å². The summed E-state index contributed by atoms with van der Waals surface area (Å²) in [5.74, 6) is -0.0248. The van der Waals surface area contributed by atoms with E-state index in [2.05, 4.69) is 10.0 Å². The van der Waals surface area contributed by atoms with E-state index in [0.29, 0.717) is 6.42 Å². The number of sulfonamides is 1. The summed E-state index contributed by atoms with van der Waals surface area (Å²) in [7, 11) is -3.18. The molecule has 1 heterocycles. The molecule has 0 bridgehead atoms. The molecule has 0 aromatic heterocycles. The van der Waals surface area contributed by atoms with Gasteiger partial charge in [-0.2, -0.15) is 0 Å². The van der Waals surface area contributed by atoms with E-state index >= 15 is 0 Å². The third-order valence-electron chi connectivity index (χ3n) is 2.33. The van der Waals surface area contributed by atoms with E-state index in [1.54, 1.807) is 12.1 Å². The van der Waals surface area contributed by atoms with Gasteiger partial charge in [0.2, 0.25) is 15.9 Å². The number of hydrogen-bond acceptors (Lipinski definition) is 3. The van der Waals surface area contributed by atoms with Gasteiger partial charge in [-0.3, -0.25) is 4.79 Å². The van der Waals surface area contributed by atoms with Crippen LogP contribution in [-0.2, 0) is 27.8 Å². The van der Waals surface area contributed by atoms with E-state index in [0.717, 1.165) is 23.1 Å². The molecular weight excluding hydrogens is 228 g/mol. The van der Waals surface area contributed by atoms with E-state index in [4.69, 9.17) is 0 Å². The monoisotopic (exact) mass is 240 g/mol. The Morgan fingerprint density at radius 1 is 1.44 bits per heavy atom. The smallest absolute Gasteiger partial charge is 0.228 e. The zero-order valence-electron chi connectivity index (χ0n) is 8.78. The van der Waals surface area contributed by atoms with E-state index in [9.17, 15) is 13.2 Å². The Balaban J connectivity index is 2.14. The predicted molar refractivity (Wildman–Crippen MR) is 60.5 cm³/mol. The molecule has 0 saturated carbocycles. The molecule has 1 aliphatic heterocycles. The SMILES string of the molecule is CS(=O)(=O)NCc1ccc2c(c1)CC(=O)N2. The summed E-state index contributed by atoms with van der Waals surface area (Å²) in [5, 5.41) is 2.72. The normalized spacial score (nSPS) is 14.7. The number of anilines is 1. The van der Waals surface area contributed by atoms with Gasteiger partial charge < -0.3 is 5.32 Å². The molecule has 16 heavy (non-hydrogen) atoms. The fourth-order valence-corrected chi connectivity index (χ4v) is 2.04. The zero-order chi connectivity index (χ0) is 11.8. The summed E-state index contributed by atoms with van der Waals surface area (Å²) in [5.41, 5.74) is 2.58. The van der Waals surface area contributed by atoms with Crippen molar-refractivity contribution in [1.29, 1.82) is 0 Å². The van der Waals surface area contributed by atoms with Gasteiger partial charge in [-0.25, -0.2) is 13.1 Å². The van der Waals surface area contributed by atoms with E-state index in [1.807, 2.05) is 6.07 Å². The van der Waals surface area contributed by atoms with Crippen LogP contribution in [0, 0.1) is 0 Å². The number of amides is 1. The molecule has 0 saturated heterocycles. The van der Waals surface area contributed by atoms with Crippen LogP contribution in [0.15, 0.2) is 18.2 Å². The molecule has 2 rings (SSSR count). The Bertz CT molecular complexity index is 537. The summed E-state index contributed by atoms with van der Waals surface area (Å²) in [4.78, 5) is 11.1. The summed E-state index contributed by atoms with van der Waals surface area (Å²) in [6.07, 6.45) is 1.48. The standard InChI is InChI=1S/C10H12N2O3S/c1-16(14,15)11-6-7-2-3-9-8(4-7)5-10(13)12-9/h2-4,11H,5-6H2,1H3,(H,12,13). The average molecular weight is 240 g/mol. The maximum atomic E-state index is 11.1. The Morgan fingerprint density at radius 3 is 2.88 bits per heavy atom. The molecule has 0 radical (unpaired) electrons. The van der Waals surface area contributed by atoms with Crippen LogP contribution in [0.3, 0.4) is 0 Å². The Hall–Kier alpha value is -1.40. The average Bonchev–Trinajstić information content (AvgIpc) is 2.52. The van der Waals surface area contributed by atoms with Gasteiger partial charge in [-0.05, 0) is 17.2 Å².